The molecular weight excluding hydrogens is 567 g/mol. The average molecular weight is 594 g/mol. The van der Waals surface area contributed by atoms with E-state index in [2.05, 4.69) is 59.7 Å². The Labute approximate surface area is 224 Å². The Kier molecular flexibility index (Phi) is 7.88. The first-order valence-electron chi connectivity index (χ1n) is 11.6. The van der Waals surface area contributed by atoms with Gasteiger partial charge in [-0.05, 0) is 91.8 Å². The number of imide groups is 1. The van der Waals surface area contributed by atoms with Gasteiger partial charge in [0.25, 0.3) is 11.8 Å². The van der Waals surface area contributed by atoms with Gasteiger partial charge in [-0.2, -0.15) is 10.1 Å². The zero-order chi connectivity index (χ0) is 25.8. The summed E-state index contributed by atoms with van der Waals surface area (Å²) in [6.07, 6.45) is 1.73. The molecule has 3 aromatic carbocycles. The lowest BCUT2D eigenvalue weighted by Gasteiger charge is -2.15. The molecule has 0 radical (unpaired) electrons. The smallest absolute Gasteiger partial charge is 0.283 e. The quantitative estimate of drug-likeness (QED) is 0.182. The highest BCUT2D eigenvalue weighted by Crippen LogP contribution is 2.36. The van der Waals surface area contributed by atoms with Crippen LogP contribution >= 0.6 is 22.6 Å². The Balaban J connectivity index is 1.60. The summed E-state index contributed by atoms with van der Waals surface area (Å²) in [5, 5.41) is 5.15. The molecule has 3 aromatic rings. The fourth-order valence-electron chi connectivity index (χ4n) is 4.07. The zero-order valence-corrected chi connectivity index (χ0v) is 22.8. The van der Waals surface area contributed by atoms with Crippen LogP contribution in [0.2, 0.25) is 0 Å². The van der Waals surface area contributed by atoms with Gasteiger partial charge < -0.3 is 9.47 Å². The van der Waals surface area contributed by atoms with Gasteiger partial charge >= 0.3 is 0 Å². The van der Waals surface area contributed by atoms with Gasteiger partial charge in [-0.25, -0.2) is 0 Å². The molecule has 0 aromatic heterocycles. The van der Waals surface area contributed by atoms with Crippen LogP contribution in [0.15, 0.2) is 71.3 Å². The van der Waals surface area contributed by atoms with Crippen LogP contribution in [0.1, 0.15) is 46.5 Å². The number of aryl methyl sites for hydroxylation is 2. The van der Waals surface area contributed by atoms with E-state index >= 15 is 0 Å². The highest BCUT2D eigenvalue weighted by atomic mass is 127. The maximum atomic E-state index is 13.1. The van der Waals surface area contributed by atoms with Crippen LogP contribution in [0, 0.1) is 17.4 Å². The minimum absolute atomic E-state index is 0.362. The van der Waals surface area contributed by atoms with E-state index < -0.39 is 11.8 Å². The zero-order valence-electron chi connectivity index (χ0n) is 20.7. The first-order chi connectivity index (χ1) is 17.3. The van der Waals surface area contributed by atoms with Crippen molar-refractivity contribution in [3.8, 4) is 11.5 Å². The number of ether oxygens (including phenoxy) is 2. The molecule has 1 aliphatic heterocycles. The van der Waals surface area contributed by atoms with E-state index in [1.807, 2.05) is 25.1 Å². The van der Waals surface area contributed by atoms with Gasteiger partial charge in [-0.1, -0.05) is 47.5 Å². The molecule has 6 nitrogen and oxygen atoms in total. The van der Waals surface area contributed by atoms with Crippen LogP contribution < -0.4 is 9.47 Å². The monoisotopic (exact) mass is 594 g/mol. The van der Waals surface area contributed by atoms with Gasteiger partial charge in [-0.15, -0.1) is 0 Å². The number of nitrogens with zero attached hydrogens (tertiary/aromatic N) is 2. The maximum absolute atomic E-state index is 13.1. The molecule has 4 rings (SSSR count). The van der Waals surface area contributed by atoms with Gasteiger partial charge in [0.15, 0.2) is 11.5 Å². The van der Waals surface area contributed by atoms with Crippen molar-refractivity contribution < 1.29 is 19.1 Å². The van der Waals surface area contributed by atoms with Gasteiger partial charge in [0.05, 0.1) is 21.5 Å². The number of benzene rings is 3. The number of hydrogen-bond donors (Lipinski definition) is 0. The first-order valence-corrected chi connectivity index (χ1v) is 12.7. The van der Waals surface area contributed by atoms with Crippen molar-refractivity contribution in [3.05, 3.63) is 97.6 Å². The highest BCUT2D eigenvalue weighted by molar-refractivity contribution is 14.1. The lowest BCUT2D eigenvalue weighted by Crippen LogP contribution is -2.29. The lowest BCUT2D eigenvalue weighted by molar-refractivity contribution is -0.123. The number of hydrogen-bond acceptors (Lipinski definition) is 5. The van der Waals surface area contributed by atoms with E-state index in [0.29, 0.717) is 41.6 Å². The van der Waals surface area contributed by atoms with Crippen LogP contribution in [0.4, 0.5) is 0 Å². The fourth-order valence-corrected chi connectivity index (χ4v) is 4.85. The number of carbonyl (C=O) groups excluding carboxylic acids is 2. The van der Waals surface area contributed by atoms with Crippen molar-refractivity contribution >= 4 is 46.2 Å². The van der Waals surface area contributed by atoms with Crippen molar-refractivity contribution in [3.63, 3.8) is 0 Å². The predicted molar refractivity (Wildman–Crippen MR) is 149 cm³/mol. The number of hydrazone groups is 1. The van der Waals surface area contributed by atoms with Crippen molar-refractivity contribution in [2.75, 3.05) is 6.61 Å². The summed E-state index contributed by atoms with van der Waals surface area (Å²) in [6, 6.07) is 18.8. The van der Waals surface area contributed by atoms with Crippen LogP contribution in [0.5, 0.6) is 11.5 Å². The minimum atomic E-state index is -0.455. The molecule has 0 N–H and O–H groups in total. The molecule has 2 amide bonds. The normalized spacial score (nSPS) is 14.2. The largest absolute Gasteiger partial charge is 0.490 e. The van der Waals surface area contributed by atoms with Gasteiger partial charge in [-0.3, -0.25) is 9.59 Å². The van der Waals surface area contributed by atoms with Crippen LogP contribution in [-0.4, -0.2) is 29.1 Å². The molecule has 0 saturated carbocycles. The van der Waals surface area contributed by atoms with Crippen LogP contribution in [0.3, 0.4) is 0 Å². The van der Waals surface area contributed by atoms with Crippen molar-refractivity contribution in [2.45, 2.75) is 34.3 Å². The third kappa shape index (κ3) is 5.67. The molecule has 1 aliphatic rings. The van der Waals surface area contributed by atoms with Gasteiger partial charge in [0.1, 0.15) is 6.61 Å². The molecule has 0 unspecified atom stereocenters. The van der Waals surface area contributed by atoms with E-state index in [1.54, 1.807) is 37.3 Å². The molecule has 0 spiro atoms. The first kappa shape index (κ1) is 25.6. The summed E-state index contributed by atoms with van der Waals surface area (Å²) in [5.41, 5.74) is 5.47. The topological polar surface area (TPSA) is 68.2 Å². The molecule has 0 saturated heterocycles. The van der Waals surface area contributed by atoms with E-state index in [4.69, 9.17) is 9.47 Å². The van der Waals surface area contributed by atoms with Crippen molar-refractivity contribution in [2.24, 2.45) is 5.10 Å². The molecular formula is C29H27IN2O4. The molecule has 184 valence electrons. The highest BCUT2D eigenvalue weighted by Gasteiger charge is 2.33. The SMILES string of the molecule is CCOc1cc(/C=C2/C(=O)N(C(=O)c3ccccc3)N=C2C)cc(I)c1OCc1cc(C)cc(C)c1. The molecule has 0 fully saturated rings. The summed E-state index contributed by atoms with van der Waals surface area (Å²) in [5.74, 6) is 0.341. The third-order valence-electron chi connectivity index (χ3n) is 5.58. The third-order valence-corrected chi connectivity index (χ3v) is 6.38. The van der Waals surface area contributed by atoms with Crippen molar-refractivity contribution in [1.29, 1.82) is 0 Å². The summed E-state index contributed by atoms with van der Waals surface area (Å²) in [6.45, 7) is 8.65. The Morgan fingerprint density at radius 1 is 1.00 bits per heavy atom. The number of amides is 2. The summed E-state index contributed by atoms with van der Waals surface area (Å²) in [4.78, 5) is 25.9. The Morgan fingerprint density at radius 3 is 2.36 bits per heavy atom. The Morgan fingerprint density at radius 2 is 1.69 bits per heavy atom. The molecule has 7 heteroatoms. The molecule has 0 bridgehead atoms. The molecule has 36 heavy (non-hydrogen) atoms. The number of halogens is 1. The van der Waals surface area contributed by atoms with E-state index in [9.17, 15) is 9.59 Å². The standard InChI is InChI=1S/C29H27IN2O4/c1-5-35-26-16-21(15-25(30)27(26)36-17-22-12-18(2)11-19(3)13-22)14-24-20(4)31-32(29(24)34)28(33)23-9-7-6-8-10-23/h6-16H,5,17H2,1-4H3/b24-14+. The van der Waals surface area contributed by atoms with Gasteiger partial charge in [0.2, 0.25) is 0 Å². The molecule has 1 heterocycles. The Hall–Kier alpha value is -3.46. The van der Waals surface area contributed by atoms with Crippen LogP contribution in [0.25, 0.3) is 6.08 Å². The lowest BCUT2D eigenvalue weighted by atomic mass is 10.1. The second-order valence-corrected chi connectivity index (χ2v) is 9.74. The van der Waals surface area contributed by atoms with Crippen LogP contribution in [-0.2, 0) is 11.4 Å². The van der Waals surface area contributed by atoms with E-state index in [1.165, 1.54) is 11.1 Å². The minimum Gasteiger partial charge on any atom is -0.490 e. The van der Waals surface area contributed by atoms with E-state index in [0.717, 1.165) is 19.7 Å². The fraction of sp³-hybridized carbons (Fsp3) is 0.207. The molecule has 0 atom stereocenters. The summed E-state index contributed by atoms with van der Waals surface area (Å²) in [7, 11) is 0. The van der Waals surface area contributed by atoms with E-state index in [-0.39, 0.29) is 0 Å². The number of rotatable bonds is 7. The summed E-state index contributed by atoms with van der Waals surface area (Å²) >= 11 is 2.21. The summed E-state index contributed by atoms with van der Waals surface area (Å²) < 4.78 is 12.9. The maximum Gasteiger partial charge on any atom is 0.283 e. The van der Waals surface area contributed by atoms with Crippen molar-refractivity contribution in [1.82, 2.24) is 5.01 Å². The molecule has 0 aliphatic carbocycles. The van der Waals surface area contributed by atoms with Gasteiger partial charge in [0, 0.05) is 5.56 Å². The average Bonchev–Trinajstić information content (AvgIpc) is 3.11. The Bertz CT molecular complexity index is 1360. The predicted octanol–water partition coefficient (Wildman–Crippen LogP) is 6.33. The second-order valence-electron chi connectivity index (χ2n) is 8.58. The second kappa shape index (κ2) is 11.1. The number of carbonyl (C=O) groups is 2.